The predicted octanol–water partition coefficient (Wildman–Crippen LogP) is 3.87. The Bertz CT molecular complexity index is 1720. The van der Waals surface area contributed by atoms with Gasteiger partial charge in [0.25, 0.3) is 0 Å². The highest BCUT2D eigenvalue weighted by Crippen LogP contribution is 2.38. The number of benzene rings is 2. The number of aryl methyl sites for hydroxylation is 2. The summed E-state index contributed by atoms with van der Waals surface area (Å²) in [6.07, 6.45) is 2.63. The van der Waals surface area contributed by atoms with Crippen molar-refractivity contribution in [1.82, 2.24) is 14.7 Å². The maximum Gasteiger partial charge on any atom is 0.420 e. The van der Waals surface area contributed by atoms with E-state index in [0.717, 1.165) is 17.4 Å². The molecule has 5 rings (SSSR count). The molecule has 3 heterocycles. The summed E-state index contributed by atoms with van der Waals surface area (Å²) in [7, 11) is -1.93. The molecule has 0 saturated carbocycles. The summed E-state index contributed by atoms with van der Waals surface area (Å²) < 4.78 is 42.4. The Labute approximate surface area is 194 Å². The molecule has 10 heteroatoms. The zero-order valence-electron chi connectivity index (χ0n) is 18.9. The van der Waals surface area contributed by atoms with Crippen molar-refractivity contribution >= 4 is 31.8 Å². The fourth-order valence-electron chi connectivity index (χ4n) is 4.32. The van der Waals surface area contributed by atoms with Crippen LogP contribution < -0.4 is 10.5 Å². The Balaban J connectivity index is 1.78. The number of ether oxygens (including phenoxy) is 1. The van der Waals surface area contributed by atoms with Crippen LogP contribution in [0.1, 0.15) is 17.0 Å². The largest absolute Gasteiger partial charge is 0.496 e. The second kappa shape index (κ2) is 7.84. The van der Waals surface area contributed by atoms with E-state index >= 15 is 0 Å². The first-order chi connectivity index (χ1) is 16.2. The molecule has 0 aliphatic carbocycles. The highest BCUT2D eigenvalue weighted by molar-refractivity contribution is 7.90. The van der Waals surface area contributed by atoms with Gasteiger partial charge < -0.3 is 13.7 Å². The Hall–Kier alpha value is -3.92. The maximum atomic E-state index is 12.8. The standard InChI is InChI=1S/C24H21N3O6S/c1-13-22(14(2)33-26-13)17-9-18-16(10-19(17)31-3)23-20(11-25-18)32-24(28)27(23)12-15-7-5-6-8-21(15)34(4,29)30/h5-11H,12H2,1-4H3. The van der Waals surface area contributed by atoms with Crippen molar-refractivity contribution in [3.05, 3.63) is 70.2 Å². The molecule has 3 aromatic heterocycles. The van der Waals surface area contributed by atoms with Gasteiger partial charge in [-0.2, -0.15) is 0 Å². The molecule has 9 nitrogen and oxygen atoms in total. The number of nitrogens with zero attached hydrogens (tertiary/aromatic N) is 3. The Kier molecular flexibility index (Phi) is 5.05. The van der Waals surface area contributed by atoms with Gasteiger partial charge in [-0.05, 0) is 37.6 Å². The van der Waals surface area contributed by atoms with Gasteiger partial charge in [0, 0.05) is 17.2 Å². The molecule has 0 spiro atoms. The molecule has 0 N–H and O–H groups in total. The van der Waals surface area contributed by atoms with E-state index in [0.29, 0.717) is 44.8 Å². The van der Waals surface area contributed by atoms with Gasteiger partial charge in [0.15, 0.2) is 15.4 Å². The summed E-state index contributed by atoms with van der Waals surface area (Å²) in [6.45, 7) is 3.68. The van der Waals surface area contributed by atoms with Gasteiger partial charge in [-0.25, -0.2) is 13.2 Å². The van der Waals surface area contributed by atoms with Crippen LogP contribution >= 0.6 is 0 Å². The summed E-state index contributed by atoms with van der Waals surface area (Å²) in [5.41, 5.74) is 4.18. The lowest BCUT2D eigenvalue weighted by Crippen LogP contribution is -2.17. The first-order valence-corrected chi connectivity index (χ1v) is 12.3. The molecule has 0 atom stereocenters. The topological polar surface area (TPSA) is 117 Å². The Morgan fingerprint density at radius 3 is 2.59 bits per heavy atom. The van der Waals surface area contributed by atoms with Crippen LogP contribution in [0.5, 0.6) is 5.75 Å². The number of rotatable bonds is 5. The zero-order chi connectivity index (χ0) is 24.2. The van der Waals surface area contributed by atoms with Gasteiger partial charge in [-0.3, -0.25) is 9.55 Å². The lowest BCUT2D eigenvalue weighted by molar-refractivity contribution is 0.393. The van der Waals surface area contributed by atoms with Crippen LogP contribution in [0.4, 0.5) is 0 Å². The van der Waals surface area contributed by atoms with E-state index in [2.05, 4.69) is 10.1 Å². The molecule has 34 heavy (non-hydrogen) atoms. The van der Waals surface area contributed by atoms with Crippen LogP contribution in [0, 0.1) is 13.8 Å². The average Bonchev–Trinajstić information content (AvgIpc) is 3.30. The third-order valence-corrected chi connectivity index (χ3v) is 7.02. The quantitative estimate of drug-likeness (QED) is 0.373. The number of hydrogen-bond acceptors (Lipinski definition) is 8. The minimum absolute atomic E-state index is 0.0160. The van der Waals surface area contributed by atoms with E-state index in [9.17, 15) is 13.2 Å². The lowest BCUT2D eigenvalue weighted by Gasteiger charge is -2.12. The maximum absolute atomic E-state index is 12.8. The molecular formula is C24H21N3O6S. The number of methoxy groups -OCH3 is 1. The van der Waals surface area contributed by atoms with Crippen LogP contribution in [-0.4, -0.2) is 36.5 Å². The van der Waals surface area contributed by atoms with Gasteiger partial charge in [-0.1, -0.05) is 23.4 Å². The van der Waals surface area contributed by atoms with Gasteiger partial charge in [-0.15, -0.1) is 0 Å². The summed E-state index contributed by atoms with van der Waals surface area (Å²) >= 11 is 0. The molecule has 0 amide bonds. The van der Waals surface area contributed by atoms with Gasteiger partial charge >= 0.3 is 5.76 Å². The minimum atomic E-state index is -3.49. The number of pyridine rings is 1. The monoisotopic (exact) mass is 479 g/mol. The highest BCUT2D eigenvalue weighted by Gasteiger charge is 2.21. The Morgan fingerprint density at radius 2 is 1.91 bits per heavy atom. The SMILES string of the molecule is COc1cc2c(cc1-c1c(C)noc1C)ncc1oc(=O)n(Cc3ccccc3S(C)(=O)=O)c12. The van der Waals surface area contributed by atoms with E-state index < -0.39 is 15.6 Å². The normalized spacial score (nSPS) is 12.0. The molecule has 0 saturated heterocycles. The molecule has 0 bridgehead atoms. The van der Waals surface area contributed by atoms with Crippen molar-refractivity contribution in [3.63, 3.8) is 0 Å². The third kappa shape index (κ3) is 3.47. The third-order valence-electron chi connectivity index (χ3n) is 5.82. The van der Waals surface area contributed by atoms with E-state index in [-0.39, 0.29) is 11.4 Å². The fraction of sp³-hybridized carbons (Fsp3) is 0.208. The zero-order valence-corrected chi connectivity index (χ0v) is 19.8. The molecule has 0 unspecified atom stereocenters. The minimum Gasteiger partial charge on any atom is -0.496 e. The number of aromatic nitrogens is 3. The molecule has 0 fully saturated rings. The number of sulfone groups is 1. The Morgan fingerprint density at radius 1 is 1.15 bits per heavy atom. The van der Waals surface area contributed by atoms with Crippen LogP contribution in [0.25, 0.3) is 33.1 Å². The second-order valence-electron chi connectivity index (χ2n) is 8.07. The lowest BCUT2D eigenvalue weighted by atomic mass is 10.0. The predicted molar refractivity (Wildman–Crippen MR) is 126 cm³/mol. The van der Waals surface area contributed by atoms with Crippen molar-refractivity contribution in [2.45, 2.75) is 25.3 Å². The highest BCUT2D eigenvalue weighted by atomic mass is 32.2. The van der Waals surface area contributed by atoms with E-state index in [1.165, 1.54) is 16.8 Å². The first-order valence-electron chi connectivity index (χ1n) is 10.4. The van der Waals surface area contributed by atoms with E-state index in [4.69, 9.17) is 13.7 Å². The smallest absolute Gasteiger partial charge is 0.420 e. The van der Waals surface area contributed by atoms with Crippen LogP contribution in [0.3, 0.4) is 0 Å². The molecule has 0 aliphatic heterocycles. The van der Waals surface area contributed by atoms with Crippen molar-refractivity contribution in [1.29, 1.82) is 0 Å². The molecule has 2 aromatic carbocycles. The van der Waals surface area contributed by atoms with Gasteiger partial charge in [0.05, 0.1) is 41.5 Å². The van der Waals surface area contributed by atoms with Crippen molar-refractivity contribution < 1.29 is 22.1 Å². The molecule has 0 radical (unpaired) electrons. The van der Waals surface area contributed by atoms with Crippen LogP contribution in [0.2, 0.25) is 0 Å². The van der Waals surface area contributed by atoms with E-state index in [1.807, 2.05) is 19.9 Å². The van der Waals surface area contributed by atoms with Crippen molar-refractivity contribution in [2.24, 2.45) is 0 Å². The van der Waals surface area contributed by atoms with Crippen LogP contribution in [0.15, 0.2) is 61.2 Å². The second-order valence-corrected chi connectivity index (χ2v) is 10.1. The number of fused-ring (bicyclic) bond motifs is 3. The number of hydrogen-bond donors (Lipinski definition) is 0. The molecule has 174 valence electrons. The van der Waals surface area contributed by atoms with Gasteiger partial charge in [0.1, 0.15) is 17.0 Å². The molecule has 5 aromatic rings. The van der Waals surface area contributed by atoms with Crippen molar-refractivity contribution in [3.8, 4) is 16.9 Å². The summed E-state index contributed by atoms with van der Waals surface area (Å²) in [5, 5.41) is 4.66. The summed E-state index contributed by atoms with van der Waals surface area (Å²) in [6, 6.07) is 10.2. The van der Waals surface area contributed by atoms with Crippen molar-refractivity contribution in [2.75, 3.05) is 13.4 Å². The van der Waals surface area contributed by atoms with Gasteiger partial charge in [0.2, 0.25) is 0 Å². The molecule has 0 aliphatic rings. The number of oxazole rings is 1. The molecular weight excluding hydrogens is 458 g/mol. The average molecular weight is 480 g/mol. The van der Waals surface area contributed by atoms with Crippen LogP contribution in [-0.2, 0) is 16.4 Å². The first kappa shape index (κ1) is 21.9. The summed E-state index contributed by atoms with van der Waals surface area (Å²) in [4.78, 5) is 17.5. The fourth-order valence-corrected chi connectivity index (χ4v) is 5.26. The summed E-state index contributed by atoms with van der Waals surface area (Å²) in [5.74, 6) is 0.586. The van der Waals surface area contributed by atoms with E-state index in [1.54, 1.807) is 31.4 Å².